The van der Waals surface area contributed by atoms with Gasteiger partial charge in [0.15, 0.2) is 0 Å². The third-order valence-corrected chi connectivity index (χ3v) is 2.67. The average molecular weight is 258 g/mol. The van der Waals surface area contributed by atoms with Gasteiger partial charge in [0.05, 0.1) is 12.2 Å². The molecule has 0 amide bonds. The van der Waals surface area contributed by atoms with Crippen molar-refractivity contribution in [2.45, 2.75) is 26.2 Å². The lowest BCUT2D eigenvalue weighted by Crippen LogP contribution is -2.12. The number of benzene rings is 1. The van der Waals surface area contributed by atoms with Crippen LogP contribution in [0, 0.1) is 0 Å². The fraction of sp³-hybridized carbons (Fsp3) is 0.417. The molecule has 16 heavy (non-hydrogen) atoms. The van der Waals surface area contributed by atoms with E-state index in [4.69, 9.17) is 34.3 Å². The molecule has 1 aromatic carbocycles. The van der Waals surface area contributed by atoms with Crippen molar-refractivity contribution in [3.8, 4) is 5.75 Å². The molecule has 0 saturated carbocycles. The largest absolute Gasteiger partial charge is 0.493 e. The summed E-state index contributed by atoms with van der Waals surface area (Å²) < 4.78 is 5.63. The number of nitrogens with two attached hydrogens (primary N) is 1. The third-order valence-electron chi connectivity index (χ3n) is 2.21. The zero-order chi connectivity index (χ0) is 12.0. The first-order valence-electron chi connectivity index (χ1n) is 5.37. The van der Waals surface area contributed by atoms with Gasteiger partial charge < -0.3 is 10.5 Å². The minimum Gasteiger partial charge on any atom is -0.493 e. The summed E-state index contributed by atoms with van der Waals surface area (Å²) in [4.78, 5) is 0.335. The number of thiocarbonyl (C=S) groups is 1. The van der Waals surface area contributed by atoms with E-state index in [0.717, 1.165) is 18.4 Å². The van der Waals surface area contributed by atoms with Crippen LogP contribution in [-0.2, 0) is 0 Å². The monoisotopic (exact) mass is 257 g/mol. The minimum absolute atomic E-state index is 0.335. The molecule has 2 N–H and O–H groups in total. The van der Waals surface area contributed by atoms with Gasteiger partial charge in [-0.2, -0.15) is 0 Å². The molecule has 2 nitrogen and oxygen atoms in total. The Morgan fingerprint density at radius 1 is 1.44 bits per heavy atom. The average Bonchev–Trinajstić information content (AvgIpc) is 2.24. The fourth-order valence-corrected chi connectivity index (χ4v) is 1.68. The van der Waals surface area contributed by atoms with Crippen molar-refractivity contribution in [3.05, 3.63) is 28.8 Å². The van der Waals surface area contributed by atoms with E-state index in [1.165, 1.54) is 6.42 Å². The molecule has 0 saturated heterocycles. The zero-order valence-corrected chi connectivity index (χ0v) is 10.9. The highest BCUT2D eigenvalue weighted by molar-refractivity contribution is 7.80. The Balaban J connectivity index is 2.68. The van der Waals surface area contributed by atoms with E-state index in [9.17, 15) is 0 Å². The molecule has 0 aromatic heterocycles. The predicted molar refractivity (Wildman–Crippen MR) is 72.4 cm³/mol. The Kier molecular flexibility index (Phi) is 5.56. The molecule has 0 atom stereocenters. The van der Waals surface area contributed by atoms with Crippen LogP contribution in [0.2, 0.25) is 5.02 Å². The van der Waals surface area contributed by atoms with E-state index in [0.29, 0.717) is 22.4 Å². The number of unbranched alkanes of at least 4 members (excludes halogenated alkanes) is 2. The molecule has 1 rings (SSSR count). The molecule has 0 fully saturated rings. The summed E-state index contributed by atoms with van der Waals surface area (Å²) in [6.45, 7) is 2.82. The van der Waals surface area contributed by atoms with Crippen LogP contribution in [0.3, 0.4) is 0 Å². The van der Waals surface area contributed by atoms with Gasteiger partial charge >= 0.3 is 0 Å². The molecule has 0 heterocycles. The highest BCUT2D eigenvalue weighted by Crippen LogP contribution is 2.23. The topological polar surface area (TPSA) is 35.2 Å². The van der Waals surface area contributed by atoms with Gasteiger partial charge in [0.1, 0.15) is 10.7 Å². The lowest BCUT2D eigenvalue weighted by atomic mass is 10.2. The van der Waals surface area contributed by atoms with Crippen LogP contribution in [-0.4, -0.2) is 11.6 Å². The lowest BCUT2D eigenvalue weighted by molar-refractivity contribution is 0.306. The van der Waals surface area contributed by atoms with Crippen LogP contribution in [0.15, 0.2) is 18.2 Å². The van der Waals surface area contributed by atoms with Crippen LogP contribution < -0.4 is 10.5 Å². The van der Waals surface area contributed by atoms with Crippen molar-refractivity contribution in [1.82, 2.24) is 0 Å². The first-order chi connectivity index (χ1) is 7.65. The smallest absolute Gasteiger partial charge is 0.130 e. The molecule has 1 aromatic rings. The van der Waals surface area contributed by atoms with Gasteiger partial charge in [0.2, 0.25) is 0 Å². The van der Waals surface area contributed by atoms with E-state index in [2.05, 4.69) is 6.92 Å². The van der Waals surface area contributed by atoms with E-state index < -0.39 is 0 Å². The van der Waals surface area contributed by atoms with Crippen molar-refractivity contribution < 1.29 is 4.74 Å². The molecule has 0 spiro atoms. The number of hydrogen-bond donors (Lipinski definition) is 1. The SMILES string of the molecule is CCCCCOc1cc(Cl)ccc1C(N)=S. The van der Waals surface area contributed by atoms with Crippen molar-refractivity contribution >= 4 is 28.8 Å². The van der Waals surface area contributed by atoms with Gasteiger partial charge in [-0.25, -0.2) is 0 Å². The summed E-state index contributed by atoms with van der Waals surface area (Å²) in [7, 11) is 0. The molecule has 0 aliphatic carbocycles. The second kappa shape index (κ2) is 6.71. The molecule has 88 valence electrons. The summed E-state index contributed by atoms with van der Waals surface area (Å²) in [5.74, 6) is 0.677. The van der Waals surface area contributed by atoms with Gasteiger partial charge in [-0.3, -0.25) is 0 Å². The number of halogens is 1. The van der Waals surface area contributed by atoms with Crippen LogP contribution in [0.25, 0.3) is 0 Å². The molecule has 0 radical (unpaired) electrons. The predicted octanol–water partition coefficient (Wildman–Crippen LogP) is 3.54. The first kappa shape index (κ1) is 13.3. The standard InChI is InChI=1S/C12H16ClNOS/c1-2-3-4-7-15-11-8-9(13)5-6-10(11)12(14)16/h5-6,8H,2-4,7H2,1H3,(H2,14,16). The Bertz CT molecular complexity index is 368. The Labute approximate surface area is 107 Å². The second-order valence-electron chi connectivity index (χ2n) is 3.56. The highest BCUT2D eigenvalue weighted by atomic mass is 35.5. The van der Waals surface area contributed by atoms with Gasteiger partial charge in [0, 0.05) is 5.02 Å². The molecule has 0 aliphatic rings. The van der Waals surface area contributed by atoms with E-state index in [-0.39, 0.29) is 0 Å². The van der Waals surface area contributed by atoms with Gasteiger partial charge in [-0.1, -0.05) is 43.6 Å². The van der Waals surface area contributed by atoms with Crippen LogP contribution in [0.4, 0.5) is 0 Å². The first-order valence-corrected chi connectivity index (χ1v) is 6.16. The van der Waals surface area contributed by atoms with E-state index in [1.807, 2.05) is 0 Å². The van der Waals surface area contributed by atoms with Crippen LogP contribution in [0.5, 0.6) is 5.75 Å². The van der Waals surface area contributed by atoms with E-state index in [1.54, 1.807) is 18.2 Å². The highest BCUT2D eigenvalue weighted by Gasteiger charge is 2.06. The number of hydrogen-bond acceptors (Lipinski definition) is 2. The van der Waals surface area contributed by atoms with Crippen molar-refractivity contribution in [2.75, 3.05) is 6.61 Å². The summed E-state index contributed by atoms with van der Waals surface area (Å²) >= 11 is 10.8. The normalized spacial score (nSPS) is 10.1. The van der Waals surface area contributed by atoms with Crippen molar-refractivity contribution in [1.29, 1.82) is 0 Å². The number of ether oxygens (including phenoxy) is 1. The maximum Gasteiger partial charge on any atom is 0.130 e. The minimum atomic E-state index is 0.335. The lowest BCUT2D eigenvalue weighted by Gasteiger charge is -2.10. The molecule has 0 aliphatic heterocycles. The van der Waals surface area contributed by atoms with Crippen molar-refractivity contribution in [2.24, 2.45) is 5.73 Å². The van der Waals surface area contributed by atoms with Crippen molar-refractivity contribution in [3.63, 3.8) is 0 Å². The van der Waals surface area contributed by atoms with Crippen LogP contribution in [0.1, 0.15) is 31.7 Å². The Morgan fingerprint density at radius 3 is 2.81 bits per heavy atom. The fourth-order valence-electron chi connectivity index (χ4n) is 1.35. The summed E-state index contributed by atoms with van der Waals surface area (Å²) in [5.41, 5.74) is 6.35. The summed E-state index contributed by atoms with van der Waals surface area (Å²) in [6.07, 6.45) is 3.35. The Hall–Kier alpha value is -0.800. The molecular weight excluding hydrogens is 242 g/mol. The summed E-state index contributed by atoms with van der Waals surface area (Å²) in [5, 5.41) is 0.630. The maximum atomic E-state index is 5.90. The third kappa shape index (κ3) is 3.99. The van der Waals surface area contributed by atoms with Gasteiger partial charge in [0.25, 0.3) is 0 Å². The molecule has 4 heteroatoms. The maximum absolute atomic E-state index is 5.90. The van der Waals surface area contributed by atoms with Gasteiger partial charge in [-0.15, -0.1) is 0 Å². The number of rotatable bonds is 6. The second-order valence-corrected chi connectivity index (χ2v) is 4.44. The summed E-state index contributed by atoms with van der Waals surface area (Å²) in [6, 6.07) is 5.30. The van der Waals surface area contributed by atoms with Gasteiger partial charge in [-0.05, 0) is 24.6 Å². The molecular formula is C12H16ClNOS. The van der Waals surface area contributed by atoms with Crippen LogP contribution >= 0.6 is 23.8 Å². The van der Waals surface area contributed by atoms with E-state index >= 15 is 0 Å². The zero-order valence-electron chi connectivity index (χ0n) is 9.33. The Morgan fingerprint density at radius 2 is 2.19 bits per heavy atom. The quantitative estimate of drug-likeness (QED) is 0.625. The molecule has 0 unspecified atom stereocenters. The molecule has 0 bridgehead atoms.